The maximum Gasteiger partial charge on any atom is 0.0163 e. The van der Waals surface area contributed by atoms with Crippen LogP contribution in [0, 0.1) is 0 Å². The minimum absolute atomic E-state index is 0.220. The third-order valence-corrected chi connectivity index (χ3v) is 3.33. The molecule has 0 aliphatic carbocycles. The van der Waals surface area contributed by atoms with Crippen LogP contribution >= 0.6 is 0 Å². The molecule has 0 fully saturated rings. The maximum absolute atomic E-state index is 5.76. The monoisotopic (exact) mass is 243 g/mol. The molecule has 104 valence electrons. The molecule has 0 aromatic heterocycles. The molecule has 0 heterocycles. The van der Waals surface area contributed by atoms with Crippen LogP contribution in [0.4, 0.5) is 0 Å². The summed E-state index contributed by atoms with van der Waals surface area (Å²) in [6.45, 7) is 1.48. The van der Waals surface area contributed by atoms with Gasteiger partial charge < -0.3 is 17.2 Å². The van der Waals surface area contributed by atoms with Gasteiger partial charge in [-0.05, 0) is 19.4 Å². The Balaban J connectivity index is 2.94. The summed E-state index contributed by atoms with van der Waals surface area (Å²) in [4.78, 5) is 0. The van der Waals surface area contributed by atoms with Crippen molar-refractivity contribution in [3.63, 3.8) is 0 Å². The van der Waals surface area contributed by atoms with Crippen molar-refractivity contribution < 1.29 is 0 Å². The summed E-state index contributed by atoms with van der Waals surface area (Å²) in [5, 5.41) is 0. The van der Waals surface area contributed by atoms with Crippen LogP contribution in [0.1, 0.15) is 70.6 Å². The van der Waals surface area contributed by atoms with Crippen LogP contribution in [-0.4, -0.2) is 19.1 Å². The molecular weight excluding hydrogens is 210 g/mol. The Kier molecular flexibility index (Phi) is 13.8. The highest BCUT2D eigenvalue weighted by molar-refractivity contribution is 4.61. The quantitative estimate of drug-likeness (QED) is 0.435. The Hall–Kier alpha value is -0.120. The van der Waals surface area contributed by atoms with E-state index in [1.807, 2.05) is 0 Å². The molecule has 1 unspecified atom stereocenters. The smallest absolute Gasteiger partial charge is 0.0163 e. The molecule has 0 aromatic rings. The minimum Gasteiger partial charge on any atom is -0.330 e. The highest BCUT2D eigenvalue weighted by atomic mass is 14.7. The van der Waals surface area contributed by atoms with Gasteiger partial charge in [-0.2, -0.15) is 0 Å². The van der Waals surface area contributed by atoms with E-state index in [1.54, 1.807) is 0 Å². The Morgan fingerprint density at radius 2 is 1.00 bits per heavy atom. The Bertz CT molecular complexity index is 139. The van der Waals surface area contributed by atoms with Crippen LogP contribution in [0.25, 0.3) is 0 Å². The van der Waals surface area contributed by atoms with Gasteiger partial charge in [0.2, 0.25) is 0 Å². The SMILES string of the molecule is NCCCCCCCCCCCCC(N)CN. The number of nitrogens with two attached hydrogens (primary N) is 3. The van der Waals surface area contributed by atoms with E-state index in [0.29, 0.717) is 6.54 Å². The molecule has 0 spiro atoms. The van der Waals surface area contributed by atoms with Crippen molar-refractivity contribution >= 4 is 0 Å². The number of unbranched alkanes of at least 4 members (excludes halogenated alkanes) is 9. The molecule has 0 aromatic carbocycles. The molecule has 0 aliphatic rings. The molecule has 0 saturated heterocycles. The number of rotatable bonds is 13. The molecular formula is C14H33N3. The van der Waals surface area contributed by atoms with Crippen LogP contribution in [0.3, 0.4) is 0 Å². The van der Waals surface area contributed by atoms with Crippen molar-refractivity contribution in [2.45, 2.75) is 76.7 Å². The summed E-state index contributed by atoms with van der Waals surface area (Å²) in [7, 11) is 0. The fraction of sp³-hybridized carbons (Fsp3) is 1.00. The summed E-state index contributed by atoms with van der Waals surface area (Å²) >= 11 is 0. The second kappa shape index (κ2) is 13.9. The predicted molar refractivity (Wildman–Crippen MR) is 76.9 cm³/mol. The average molecular weight is 243 g/mol. The predicted octanol–water partition coefficient (Wildman–Crippen LogP) is 2.52. The molecule has 3 nitrogen and oxygen atoms in total. The molecule has 0 bridgehead atoms. The summed E-state index contributed by atoms with van der Waals surface area (Å²) in [5.41, 5.74) is 16.7. The van der Waals surface area contributed by atoms with Crippen molar-refractivity contribution in [3.05, 3.63) is 0 Å². The fourth-order valence-electron chi connectivity index (χ4n) is 2.08. The number of hydrogen-bond donors (Lipinski definition) is 3. The lowest BCUT2D eigenvalue weighted by Crippen LogP contribution is -2.29. The molecule has 1 atom stereocenters. The summed E-state index contributed by atoms with van der Waals surface area (Å²) in [5.74, 6) is 0. The fourth-order valence-corrected chi connectivity index (χ4v) is 2.08. The lowest BCUT2D eigenvalue weighted by molar-refractivity contribution is 0.523. The largest absolute Gasteiger partial charge is 0.330 e. The molecule has 0 aliphatic heterocycles. The minimum atomic E-state index is 0.220. The summed E-state index contributed by atoms with van der Waals surface area (Å²) < 4.78 is 0. The van der Waals surface area contributed by atoms with Gasteiger partial charge in [0.25, 0.3) is 0 Å². The summed E-state index contributed by atoms with van der Waals surface area (Å²) in [6, 6.07) is 0.220. The van der Waals surface area contributed by atoms with Gasteiger partial charge in [-0.3, -0.25) is 0 Å². The van der Waals surface area contributed by atoms with Crippen molar-refractivity contribution in [1.82, 2.24) is 0 Å². The van der Waals surface area contributed by atoms with Gasteiger partial charge in [0.1, 0.15) is 0 Å². The third-order valence-electron chi connectivity index (χ3n) is 3.33. The van der Waals surface area contributed by atoms with Gasteiger partial charge >= 0.3 is 0 Å². The van der Waals surface area contributed by atoms with Crippen molar-refractivity contribution in [2.24, 2.45) is 17.2 Å². The zero-order valence-corrected chi connectivity index (χ0v) is 11.5. The van der Waals surface area contributed by atoms with E-state index in [9.17, 15) is 0 Å². The van der Waals surface area contributed by atoms with Crippen LogP contribution < -0.4 is 17.2 Å². The van der Waals surface area contributed by atoms with E-state index in [4.69, 9.17) is 17.2 Å². The average Bonchev–Trinajstić information content (AvgIpc) is 2.35. The standard InChI is InChI=1S/C14H33N3/c15-12-10-8-6-4-2-1-3-5-7-9-11-14(17)13-16/h14H,1-13,15-17H2. The molecule has 17 heavy (non-hydrogen) atoms. The third kappa shape index (κ3) is 13.8. The van der Waals surface area contributed by atoms with E-state index >= 15 is 0 Å². The molecule has 3 heteroatoms. The lowest BCUT2D eigenvalue weighted by atomic mass is 10.0. The normalized spacial score (nSPS) is 12.9. The first-order valence-electron chi connectivity index (χ1n) is 7.47. The van der Waals surface area contributed by atoms with Gasteiger partial charge in [0.15, 0.2) is 0 Å². The van der Waals surface area contributed by atoms with Gasteiger partial charge in [-0.25, -0.2) is 0 Å². The van der Waals surface area contributed by atoms with Crippen LogP contribution in [0.5, 0.6) is 0 Å². The molecule has 0 saturated carbocycles. The summed E-state index contributed by atoms with van der Waals surface area (Å²) in [6.07, 6.45) is 14.5. The van der Waals surface area contributed by atoms with Gasteiger partial charge in [-0.1, -0.05) is 57.8 Å². The van der Waals surface area contributed by atoms with E-state index in [-0.39, 0.29) is 6.04 Å². The molecule has 0 rings (SSSR count). The number of hydrogen-bond acceptors (Lipinski definition) is 3. The van der Waals surface area contributed by atoms with E-state index in [1.165, 1.54) is 64.2 Å². The van der Waals surface area contributed by atoms with E-state index in [2.05, 4.69) is 0 Å². The molecule has 0 amide bonds. The van der Waals surface area contributed by atoms with Gasteiger partial charge in [0.05, 0.1) is 0 Å². The van der Waals surface area contributed by atoms with Gasteiger partial charge in [0, 0.05) is 12.6 Å². The zero-order valence-electron chi connectivity index (χ0n) is 11.5. The Morgan fingerprint density at radius 3 is 1.41 bits per heavy atom. The zero-order chi connectivity index (χ0) is 12.8. The van der Waals surface area contributed by atoms with Gasteiger partial charge in [-0.15, -0.1) is 0 Å². The van der Waals surface area contributed by atoms with Crippen LogP contribution in [0.15, 0.2) is 0 Å². The highest BCUT2D eigenvalue weighted by Crippen LogP contribution is 2.11. The van der Waals surface area contributed by atoms with E-state index < -0.39 is 0 Å². The van der Waals surface area contributed by atoms with Crippen LogP contribution in [0.2, 0.25) is 0 Å². The van der Waals surface area contributed by atoms with E-state index in [0.717, 1.165) is 13.0 Å². The molecule has 6 N–H and O–H groups in total. The van der Waals surface area contributed by atoms with Crippen LogP contribution in [-0.2, 0) is 0 Å². The second-order valence-corrected chi connectivity index (χ2v) is 5.11. The second-order valence-electron chi connectivity index (χ2n) is 5.11. The first-order valence-corrected chi connectivity index (χ1v) is 7.47. The lowest BCUT2D eigenvalue weighted by Gasteiger charge is -2.07. The maximum atomic E-state index is 5.76. The van der Waals surface area contributed by atoms with Crippen molar-refractivity contribution in [2.75, 3.05) is 13.1 Å². The highest BCUT2D eigenvalue weighted by Gasteiger charge is 1.98. The Morgan fingerprint density at radius 1 is 0.588 bits per heavy atom. The Labute approximate surface area is 108 Å². The first kappa shape index (κ1) is 16.9. The first-order chi connectivity index (χ1) is 8.31. The molecule has 0 radical (unpaired) electrons. The van der Waals surface area contributed by atoms with Crippen molar-refractivity contribution in [1.29, 1.82) is 0 Å². The topological polar surface area (TPSA) is 78.1 Å². The van der Waals surface area contributed by atoms with Crippen molar-refractivity contribution in [3.8, 4) is 0 Å².